The Labute approximate surface area is 183 Å². The number of rotatable bonds is 6. The molecule has 0 unspecified atom stereocenters. The molecule has 0 atom stereocenters. The molecular weight excluding hydrogens is 423 g/mol. The molecule has 32 heavy (non-hydrogen) atoms. The number of nitrogens with one attached hydrogen (secondary N) is 2. The number of hydrogen-bond acceptors (Lipinski definition) is 6. The van der Waals surface area contributed by atoms with Crippen LogP contribution in [0.4, 0.5) is 30.5 Å². The monoisotopic (exact) mass is 445 g/mol. The molecule has 3 aromatic heterocycles. The van der Waals surface area contributed by atoms with E-state index >= 15 is 0 Å². The molecule has 0 radical (unpaired) electrons. The number of nitrogens with zero attached hydrogens (tertiary/aromatic N) is 3. The Hall–Kier alpha value is -3.69. The molecular formula is C22H22F3N5O2. The lowest BCUT2D eigenvalue weighted by molar-refractivity contribution is -0.137. The standard InChI is InChI=1S/C22H22F3N5O2/c1-21(2,3)13-32-17-7-8-26-12-16(17)29-20(31)14-6-9-27-19(10-14)30-18-5-4-15(11-28-18)22(23,24)25/h4-12H,13H2,1-3H3,(H,29,31)(H,27,28,30). The summed E-state index contributed by atoms with van der Waals surface area (Å²) in [6, 6.07) is 6.73. The third-order valence-corrected chi connectivity index (χ3v) is 4.06. The highest BCUT2D eigenvalue weighted by atomic mass is 19.4. The molecule has 2 N–H and O–H groups in total. The highest BCUT2D eigenvalue weighted by molar-refractivity contribution is 6.05. The van der Waals surface area contributed by atoms with Gasteiger partial charge in [-0.2, -0.15) is 13.2 Å². The summed E-state index contributed by atoms with van der Waals surface area (Å²) in [6.07, 6.45) is 0.715. The Bertz CT molecular complexity index is 1080. The van der Waals surface area contributed by atoms with Crippen LogP contribution in [0.5, 0.6) is 5.75 Å². The summed E-state index contributed by atoms with van der Waals surface area (Å²) in [5.74, 6) is 0.475. The summed E-state index contributed by atoms with van der Waals surface area (Å²) in [7, 11) is 0. The van der Waals surface area contributed by atoms with E-state index in [2.05, 4.69) is 25.6 Å². The maximum atomic E-state index is 12.7. The molecule has 0 aliphatic rings. The van der Waals surface area contributed by atoms with E-state index in [1.165, 1.54) is 30.6 Å². The molecule has 0 aliphatic carbocycles. The SMILES string of the molecule is CC(C)(C)COc1ccncc1NC(=O)c1ccnc(Nc2ccc(C(F)(F)F)cn2)c1. The van der Waals surface area contributed by atoms with Gasteiger partial charge in [-0.3, -0.25) is 9.78 Å². The first-order chi connectivity index (χ1) is 15.0. The van der Waals surface area contributed by atoms with Gasteiger partial charge in [-0.05, 0) is 29.7 Å². The van der Waals surface area contributed by atoms with Crippen LogP contribution in [0.1, 0.15) is 36.7 Å². The van der Waals surface area contributed by atoms with Gasteiger partial charge in [0.15, 0.2) is 0 Å². The smallest absolute Gasteiger partial charge is 0.417 e. The highest BCUT2D eigenvalue weighted by Gasteiger charge is 2.30. The fourth-order valence-corrected chi connectivity index (χ4v) is 2.50. The van der Waals surface area contributed by atoms with Gasteiger partial charge in [0.1, 0.15) is 23.1 Å². The topological polar surface area (TPSA) is 89.0 Å². The molecule has 0 spiro atoms. The molecule has 0 saturated carbocycles. The summed E-state index contributed by atoms with van der Waals surface area (Å²) in [4.78, 5) is 24.6. The number of aromatic nitrogens is 3. The van der Waals surface area contributed by atoms with E-state index in [9.17, 15) is 18.0 Å². The summed E-state index contributed by atoms with van der Waals surface area (Å²) in [6.45, 7) is 6.54. The van der Waals surface area contributed by atoms with Gasteiger partial charge in [0.05, 0.1) is 18.4 Å². The molecule has 7 nitrogen and oxygen atoms in total. The first-order valence-corrected chi connectivity index (χ1v) is 9.66. The van der Waals surface area contributed by atoms with Crippen molar-refractivity contribution in [3.05, 3.63) is 66.2 Å². The molecule has 0 fully saturated rings. The number of amides is 1. The number of ether oxygens (including phenoxy) is 1. The van der Waals surface area contributed by atoms with Crippen molar-refractivity contribution in [2.24, 2.45) is 5.41 Å². The molecule has 0 bridgehead atoms. The van der Waals surface area contributed by atoms with Gasteiger partial charge in [0.2, 0.25) is 0 Å². The van der Waals surface area contributed by atoms with E-state index in [4.69, 9.17) is 4.74 Å². The quantitative estimate of drug-likeness (QED) is 0.535. The van der Waals surface area contributed by atoms with Crippen molar-refractivity contribution in [1.82, 2.24) is 15.0 Å². The molecule has 168 valence electrons. The summed E-state index contributed by atoms with van der Waals surface area (Å²) < 4.78 is 43.8. The Morgan fingerprint density at radius 3 is 2.44 bits per heavy atom. The second-order valence-electron chi connectivity index (χ2n) is 8.16. The fourth-order valence-electron chi connectivity index (χ4n) is 2.50. The average molecular weight is 445 g/mol. The minimum Gasteiger partial charge on any atom is -0.491 e. The molecule has 3 rings (SSSR count). The van der Waals surface area contributed by atoms with Crippen molar-refractivity contribution in [3.8, 4) is 5.75 Å². The average Bonchev–Trinajstić information content (AvgIpc) is 2.72. The zero-order chi connectivity index (χ0) is 23.4. The van der Waals surface area contributed by atoms with Gasteiger partial charge in [0.25, 0.3) is 5.91 Å². The van der Waals surface area contributed by atoms with Crippen molar-refractivity contribution in [2.45, 2.75) is 26.9 Å². The number of carbonyl (C=O) groups excluding carboxylic acids is 1. The van der Waals surface area contributed by atoms with Gasteiger partial charge >= 0.3 is 6.18 Å². The minimum atomic E-state index is -4.47. The Kier molecular flexibility index (Phi) is 6.61. The van der Waals surface area contributed by atoms with Crippen LogP contribution in [0.3, 0.4) is 0 Å². The van der Waals surface area contributed by atoms with E-state index in [-0.39, 0.29) is 22.6 Å². The number of alkyl halides is 3. The first-order valence-electron chi connectivity index (χ1n) is 9.66. The largest absolute Gasteiger partial charge is 0.491 e. The predicted molar refractivity (Wildman–Crippen MR) is 114 cm³/mol. The lowest BCUT2D eigenvalue weighted by Gasteiger charge is -2.20. The van der Waals surface area contributed by atoms with Gasteiger partial charge in [-0.15, -0.1) is 0 Å². The van der Waals surface area contributed by atoms with Gasteiger partial charge in [0, 0.05) is 30.2 Å². The van der Waals surface area contributed by atoms with Crippen LogP contribution in [0.25, 0.3) is 0 Å². The molecule has 1 amide bonds. The molecule has 0 aliphatic heterocycles. The third kappa shape index (κ3) is 6.40. The number of carbonyl (C=O) groups is 1. The van der Waals surface area contributed by atoms with Crippen molar-refractivity contribution < 1.29 is 22.7 Å². The van der Waals surface area contributed by atoms with Gasteiger partial charge < -0.3 is 15.4 Å². The second-order valence-corrected chi connectivity index (χ2v) is 8.16. The third-order valence-electron chi connectivity index (χ3n) is 4.06. The van der Waals surface area contributed by atoms with E-state index < -0.39 is 17.6 Å². The predicted octanol–water partition coefficient (Wildman–Crippen LogP) is 5.31. The van der Waals surface area contributed by atoms with E-state index in [1.807, 2.05) is 20.8 Å². The molecule has 10 heteroatoms. The molecule has 3 aromatic rings. The van der Waals surface area contributed by atoms with Gasteiger partial charge in [-0.1, -0.05) is 20.8 Å². The van der Waals surface area contributed by atoms with Crippen LogP contribution >= 0.6 is 0 Å². The fraction of sp³-hybridized carbons (Fsp3) is 0.273. The molecule has 0 aromatic carbocycles. The summed E-state index contributed by atoms with van der Waals surface area (Å²) >= 11 is 0. The minimum absolute atomic E-state index is 0.0669. The normalized spacial score (nSPS) is 11.7. The van der Waals surface area contributed by atoms with Crippen LogP contribution in [0, 0.1) is 5.41 Å². The van der Waals surface area contributed by atoms with Crippen molar-refractivity contribution in [3.63, 3.8) is 0 Å². The maximum Gasteiger partial charge on any atom is 0.417 e. The zero-order valence-corrected chi connectivity index (χ0v) is 17.7. The van der Waals surface area contributed by atoms with Crippen molar-refractivity contribution >= 4 is 23.2 Å². The maximum absolute atomic E-state index is 12.7. The Morgan fingerprint density at radius 2 is 1.78 bits per heavy atom. The van der Waals surface area contributed by atoms with Crippen LogP contribution < -0.4 is 15.4 Å². The van der Waals surface area contributed by atoms with E-state index in [1.54, 1.807) is 12.3 Å². The summed E-state index contributed by atoms with van der Waals surface area (Å²) in [5, 5.41) is 5.54. The molecule has 3 heterocycles. The van der Waals surface area contributed by atoms with E-state index in [0.29, 0.717) is 18.0 Å². The van der Waals surface area contributed by atoms with Crippen molar-refractivity contribution in [2.75, 3.05) is 17.2 Å². The lowest BCUT2D eigenvalue weighted by Crippen LogP contribution is -2.18. The number of halogens is 3. The Balaban J connectivity index is 1.71. The van der Waals surface area contributed by atoms with Gasteiger partial charge in [-0.25, -0.2) is 9.97 Å². The lowest BCUT2D eigenvalue weighted by atomic mass is 9.99. The molecule has 0 saturated heterocycles. The number of anilines is 3. The number of pyridine rings is 3. The summed E-state index contributed by atoms with van der Waals surface area (Å²) in [5.41, 5.74) is -0.231. The van der Waals surface area contributed by atoms with Crippen LogP contribution in [-0.4, -0.2) is 27.5 Å². The van der Waals surface area contributed by atoms with Crippen LogP contribution in [0.2, 0.25) is 0 Å². The van der Waals surface area contributed by atoms with Crippen molar-refractivity contribution in [1.29, 1.82) is 0 Å². The number of hydrogen-bond donors (Lipinski definition) is 2. The van der Waals surface area contributed by atoms with E-state index in [0.717, 1.165) is 12.3 Å². The van der Waals surface area contributed by atoms with Crippen LogP contribution in [-0.2, 0) is 6.18 Å². The first kappa shape index (κ1) is 23.0. The Morgan fingerprint density at radius 1 is 1.00 bits per heavy atom. The second kappa shape index (κ2) is 9.21. The van der Waals surface area contributed by atoms with Crippen LogP contribution in [0.15, 0.2) is 55.1 Å². The zero-order valence-electron chi connectivity index (χ0n) is 17.7. The highest BCUT2D eigenvalue weighted by Crippen LogP contribution is 2.29.